The number of aromatic nitrogens is 2. The third kappa shape index (κ3) is 1.65. The predicted molar refractivity (Wildman–Crippen MR) is 88.0 cm³/mol. The zero-order chi connectivity index (χ0) is 15.7. The normalized spacial score (nSPS) is 15.0. The van der Waals surface area contributed by atoms with Gasteiger partial charge in [-0.2, -0.15) is 0 Å². The van der Waals surface area contributed by atoms with Gasteiger partial charge in [0.25, 0.3) is 0 Å². The Labute approximate surface area is 127 Å². The fraction of sp³-hybridized carbons (Fsp3) is 0.474. The van der Waals surface area contributed by atoms with Crippen LogP contribution in [0.25, 0.3) is 11.1 Å². The zero-order valence-corrected chi connectivity index (χ0v) is 14.4. The fourth-order valence-corrected chi connectivity index (χ4v) is 3.99. The van der Waals surface area contributed by atoms with Crippen LogP contribution in [0.1, 0.15) is 58.9 Å². The van der Waals surface area contributed by atoms with Gasteiger partial charge in [-0.1, -0.05) is 13.8 Å². The highest BCUT2D eigenvalue weighted by atomic mass is 14.9. The number of aryl methyl sites for hydroxylation is 2. The van der Waals surface area contributed by atoms with Crippen LogP contribution in [0.5, 0.6) is 0 Å². The summed E-state index contributed by atoms with van der Waals surface area (Å²) >= 11 is 0. The number of benzene rings is 1. The van der Waals surface area contributed by atoms with E-state index >= 15 is 0 Å². The Bertz CT molecular complexity index is 783. The molecule has 0 amide bonds. The Morgan fingerprint density at radius 1 is 0.667 bits per heavy atom. The first-order chi connectivity index (χ1) is 9.67. The highest BCUT2D eigenvalue weighted by Gasteiger charge is 2.41. The minimum Gasteiger partial charge on any atom is -0.238 e. The molecule has 1 aliphatic rings. The lowest BCUT2D eigenvalue weighted by molar-refractivity contribution is 0.625. The van der Waals surface area contributed by atoms with Crippen LogP contribution >= 0.6 is 0 Å². The number of hydrogen-bond donors (Lipinski definition) is 0. The third-order valence-electron chi connectivity index (χ3n) is 5.36. The molecule has 0 atom stereocenters. The highest BCUT2D eigenvalue weighted by molar-refractivity contribution is 5.85. The lowest BCUT2D eigenvalue weighted by Crippen LogP contribution is -2.19. The Hall–Kier alpha value is -1.70. The first kappa shape index (κ1) is 14.2. The first-order valence-corrected chi connectivity index (χ1v) is 7.64. The van der Waals surface area contributed by atoms with Gasteiger partial charge in [0, 0.05) is 16.7 Å². The molecule has 0 unspecified atom stereocenters. The number of nitrogens with zero attached hydrogens (tertiary/aromatic N) is 2. The molecule has 0 saturated carbocycles. The molecule has 0 aliphatic heterocycles. The average Bonchev–Trinajstić information content (AvgIpc) is 2.63. The van der Waals surface area contributed by atoms with Crippen molar-refractivity contribution in [3.8, 4) is 11.1 Å². The van der Waals surface area contributed by atoms with Gasteiger partial charge in [0.15, 0.2) is 0 Å². The molecule has 2 heteroatoms. The van der Waals surface area contributed by atoms with Crippen molar-refractivity contribution in [2.45, 2.75) is 60.8 Å². The van der Waals surface area contributed by atoms with E-state index in [9.17, 15) is 0 Å². The van der Waals surface area contributed by atoms with E-state index < -0.39 is 0 Å². The Kier molecular flexibility index (Phi) is 2.82. The van der Waals surface area contributed by atoms with Crippen LogP contribution < -0.4 is 0 Å². The summed E-state index contributed by atoms with van der Waals surface area (Å²) in [4.78, 5) is 9.43. The van der Waals surface area contributed by atoms with E-state index in [2.05, 4.69) is 53.5 Å². The summed E-state index contributed by atoms with van der Waals surface area (Å²) in [6.45, 7) is 17.7. The molecule has 21 heavy (non-hydrogen) atoms. The van der Waals surface area contributed by atoms with Crippen molar-refractivity contribution in [2.75, 3.05) is 0 Å². The van der Waals surface area contributed by atoms with E-state index in [1.165, 1.54) is 44.6 Å². The predicted octanol–water partition coefficient (Wildman–Crippen LogP) is 4.63. The lowest BCUT2D eigenvalue weighted by Gasteiger charge is -2.25. The summed E-state index contributed by atoms with van der Waals surface area (Å²) in [6.07, 6.45) is 0. The summed E-state index contributed by atoms with van der Waals surface area (Å²) in [5.41, 5.74) is 12.0. The molecule has 110 valence electrons. The molecule has 0 radical (unpaired) electrons. The minimum atomic E-state index is -0.0452. The van der Waals surface area contributed by atoms with E-state index in [-0.39, 0.29) is 5.41 Å². The maximum Gasteiger partial charge on any atom is 0.125 e. The lowest BCUT2D eigenvalue weighted by atomic mass is 9.79. The molecule has 0 bridgehead atoms. The minimum absolute atomic E-state index is 0.0452. The molecule has 1 aromatic heterocycles. The SMILES string of the molecule is Cc1nc(C)c2c(n1)C(C)(C)c1c(C)c(C)c(C)c(C)c1-2. The molecular weight excluding hydrogens is 256 g/mol. The van der Waals surface area contributed by atoms with Crippen molar-refractivity contribution in [1.29, 1.82) is 0 Å². The molecule has 0 saturated heterocycles. The molecule has 1 aromatic carbocycles. The van der Waals surface area contributed by atoms with E-state index in [1.807, 2.05) is 6.92 Å². The number of hydrogen-bond acceptors (Lipinski definition) is 2. The van der Waals surface area contributed by atoms with Gasteiger partial charge < -0.3 is 0 Å². The molecule has 0 N–H and O–H groups in total. The van der Waals surface area contributed by atoms with Crippen molar-refractivity contribution < 1.29 is 0 Å². The molecule has 1 aliphatic carbocycles. The molecule has 2 nitrogen and oxygen atoms in total. The monoisotopic (exact) mass is 280 g/mol. The van der Waals surface area contributed by atoms with E-state index in [4.69, 9.17) is 4.98 Å². The van der Waals surface area contributed by atoms with Crippen molar-refractivity contribution in [3.63, 3.8) is 0 Å². The topological polar surface area (TPSA) is 25.8 Å². The Morgan fingerprint density at radius 2 is 1.24 bits per heavy atom. The van der Waals surface area contributed by atoms with Crippen LogP contribution in [0.2, 0.25) is 0 Å². The van der Waals surface area contributed by atoms with Crippen molar-refractivity contribution in [3.05, 3.63) is 45.0 Å². The van der Waals surface area contributed by atoms with Gasteiger partial charge >= 0.3 is 0 Å². The average molecular weight is 280 g/mol. The van der Waals surface area contributed by atoms with Crippen molar-refractivity contribution in [1.82, 2.24) is 9.97 Å². The second kappa shape index (κ2) is 4.16. The number of fused-ring (bicyclic) bond motifs is 3. The van der Waals surface area contributed by atoms with Crippen LogP contribution in [0.3, 0.4) is 0 Å². The molecule has 0 fully saturated rings. The van der Waals surface area contributed by atoms with Gasteiger partial charge in [-0.25, -0.2) is 9.97 Å². The van der Waals surface area contributed by atoms with Gasteiger partial charge in [-0.3, -0.25) is 0 Å². The standard InChI is InChI=1S/C19H24N2/c1-9-10(2)12(4)17-15(11(9)3)16-13(5)20-14(6)21-18(16)19(17,7)8/h1-8H3. The first-order valence-electron chi connectivity index (χ1n) is 7.64. The summed E-state index contributed by atoms with van der Waals surface area (Å²) in [7, 11) is 0. The molecule has 1 heterocycles. The summed E-state index contributed by atoms with van der Waals surface area (Å²) in [6, 6.07) is 0. The van der Waals surface area contributed by atoms with Crippen molar-refractivity contribution >= 4 is 0 Å². The third-order valence-corrected chi connectivity index (χ3v) is 5.36. The van der Waals surface area contributed by atoms with E-state index in [0.717, 1.165) is 11.5 Å². The van der Waals surface area contributed by atoms with Gasteiger partial charge in [0.2, 0.25) is 0 Å². The van der Waals surface area contributed by atoms with Crippen LogP contribution in [0.4, 0.5) is 0 Å². The maximum absolute atomic E-state index is 4.81. The molecule has 0 spiro atoms. The summed E-state index contributed by atoms with van der Waals surface area (Å²) in [5.74, 6) is 0.871. The second-order valence-electron chi connectivity index (χ2n) is 6.95. The quantitative estimate of drug-likeness (QED) is 0.703. The summed E-state index contributed by atoms with van der Waals surface area (Å²) in [5, 5.41) is 0. The fourth-order valence-electron chi connectivity index (χ4n) is 3.99. The van der Waals surface area contributed by atoms with Gasteiger partial charge in [0.05, 0.1) is 5.69 Å². The largest absolute Gasteiger partial charge is 0.238 e. The summed E-state index contributed by atoms with van der Waals surface area (Å²) < 4.78 is 0. The maximum atomic E-state index is 4.81. The number of rotatable bonds is 0. The van der Waals surface area contributed by atoms with Gasteiger partial charge in [-0.15, -0.1) is 0 Å². The van der Waals surface area contributed by atoms with Crippen LogP contribution in [0, 0.1) is 41.5 Å². The van der Waals surface area contributed by atoms with Gasteiger partial charge in [0.1, 0.15) is 5.82 Å². The molecule has 3 rings (SSSR count). The highest BCUT2D eigenvalue weighted by Crippen LogP contribution is 2.52. The van der Waals surface area contributed by atoms with Crippen LogP contribution in [-0.4, -0.2) is 9.97 Å². The van der Waals surface area contributed by atoms with Gasteiger partial charge in [-0.05, 0) is 74.9 Å². The van der Waals surface area contributed by atoms with Crippen molar-refractivity contribution in [2.24, 2.45) is 0 Å². The smallest absolute Gasteiger partial charge is 0.125 e. The van der Waals surface area contributed by atoms with E-state index in [1.54, 1.807) is 0 Å². The Morgan fingerprint density at radius 3 is 1.86 bits per heavy atom. The zero-order valence-electron chi connectivity index (χ0n) is 14.4. The van der Waals surface area contributed by atoms with Crippen LogP contribution in [0.15, 0.2) is 0 Å². The second-order valence-corrected chi connectivity index (χ2v) is 6.95. The molecular formula is C19H24N2. The van der Waals surface area contributed by atoms with E-state index in [0.29, 0.717) is 0 Å². The molecule has 2 aromatic rings. The Balaban J connectivity index is 2.56. The van der Waals surface area contributed by atoms with Crippen LogP contribution in [-0.2, 0) is 5.41 Å².